The fraction of sp³-hybridized carbons (Fsp3) is 0.625. The summed E-state index contributed by atoms with van der Waals surface area (Å²) in [4.78, 5) is 2.13. The van der Waals surface area contributed by atoms with Crippen molar-refractivity contribution in [3.8, 4) is 5.75 Å². The van der Waals surface area contributed by atoms with Gasteiger partial charge in [-0.15, -0.1) is 0 Å². The second kappa shape index (κ2) is 7.22. The van der Waals surface area contributed by atoms with E-state index in [1.807, 2.05) is 31.3 Å². The number of nitrogens with zero attached hydrogens (tertiary/aromatic N) is 1. The summed E-state index contributed by atoms with van der Waals surface area (Å²) in [6, 6.07) is 8.00. The Balaban J connectivity index is 2.08. The van der Waals surface area contributed by atoms with Gasteiger partial charge in [0.05, 0.1) is 12.7 Å². The van der Waals surface area contributed by atoms with Gasteiger partial charge in [-0.25, -0.2) is 0 Å². The first-order valence-corrected chi connectivity index (χ1v) is 7.42. The average Bonchev–Trinajstić information content (AvgIpc) is 2.48. The first-order valence-electron chi connectivity index (χ1n) is 7.42. The second-order valence-electron chi connectivity index (χ2n) is 5.78. The molecule has 3 N–H and O–H groups in total. The third-order valence-corrected chi connectivity index (χ3v) is 4.20. The third kappa shape index (κ3) is 4.17. The number of ether oxygens (including phenoxy) is 2. The van der Waals surface area contributed by atoms with Crippen LogP contribution in [0.15, 0.2) is 24.3 Å². The van der Waals surface area contributed by atoms with Crippen molar-refractivity contribution < 1.29 is 14.6 Å². The Labute approximate surface area is 126 Å². The van der Waals surface area contributed by atoms with Crippen molar-refractivity contribution in [1.29, 1.82) is 0 Å². The molecule has 0 amide bonds. The van der Waals surface area contributed by atoms with Gasteiger partial charge in [-0.05, 0) is 24.7 Å². The Kier molecular flexibility index (Phi) is 5.58. The van der Waals surface area contributed by atoms with E-state index in [1.54, 1.807) is 7.11 Å². The Morgan fingerprint density at radius 3 is 2.76 bits per heavy atom. The van der Waals surface area contributed by atoms with E-state index in [-0.39, 0.29) is 6.04 Å². The number of rotatable bonds is 6. The van der Waals surface area contributed by atoms with Crippen molar-refractivity contribution in [2.75, 3.05) is 40.5 Å². The summed E-state index contributed by atoms with van der Waals surface area (Å²) in [5.41, 5.74) is 6.38. The lowest BCUT2D eigenvalue weighted by Crippen LogP contribution is -2.47. The summed E-state index contributed by atoms with van der Waals surface area (Å²) in [6.45, 7) is 2.33. The molecule has 0 aliphatic carbocycles. The van der Waals surface area contributed by atoms with Gasteiger partial charge in [0.25, 0.3) is 0 Å². The molecule has 1 unspecified atom stereocenters. The lowest BCUT2D eigenvalue weighted by atomic mass is 9.92. The van der Waals surface area contributed by atoms with Gasteiger partial charge in [-0.3, -0.25) is 4.90 Å². The maximum absolute atomic E-state index is 10.6. The van der Waals surface area contributed by atoms with Gasteiger partial charge >= 0.3 is 0 Å². The summed E-state index contributed by atoms with van der Waals surface area (Å²) in [7, 11) is 3.66. The Morgan fingerprint density at radius 2 is 2.14 bits per heavy atom. The van der Waals surface area contributed by atoms with Crippen LogP contribution in [0.2, 0.25) is 0 Å². The monoisotopic (exact) mass is 294 g/mol. The normalized spacial score (nSPS) is 19.5. The molecule has 5 heteroatoms. The van der Waals surface area contributed by atoms with E-state index in [0.717, 1.165) is 11.3 Å². The number of benzene rings is 1. The largest absolute Gasteiger partial charge is 0.497 e. The molecule has 0 radical (unpaired) electrons. The summed E-state index contributed by atoms with van der Waals surface area (Å²) in [6.07, 6.45) is 1.35. The molecule has 1 aromatic rings. The van der Waals surface area contributed by atoms with E-state index in [2.05, 4.69) is 4.90 Å². The summed E-state index contributed by atoms with van der Waals surface area (Å²) in [5, 5.41) is 10.6. The summed E-state index contributed by atoms with van der Waals surface area (Å²) < 4.78 is 10.6. The van der Waals surface area contributed by atoms with Gasteiger partial charge < -0.3 is 20.3 Å². The van der Waals surface area contributed by atoms with Gasteiger partial charge in [0.1, 0.15) is 5.75 Å². The maximum Gasteiger partial charge on any atom is 0.119 e. The van der Waals surface area contributed by atoms with Crippen molar-refractivity contribution in [3.63, 3.8) is 0 Å². The summed E-state index contributed by atoms with van der Waals surface area (Å²) >= 11 is 0. The molecule has 21 heavy (non-hydrogen) atoms. The van der Waals surface area contributed by atoms with E-state index in [4.69, 9.17) is 15.2 Å². The second-order valence-corrected chi connectivity index (χ2v) is 5.78. The molecule has 118 valence electrons. The molecule has 1 aliphatic heterocycles. The minimum atomic E-state index is -0.681. The molecule has 0 saturated carbocycles. The van der Waals surface area contributed by atoms with Gasteiger partial charge in [0.15, 0.2) is 0 Å². The third-order valence-electron chi connectivity index (χ3n) is 4.20. The zero-order valence-corrected chi connectivity index (χ0v) is 12.9. The number of nitrogens with two attached hydrogens (primary N) is 1. The summed E-state index contributed by atoms with van der Waals surface area (Å²) in [5.74, 6) is 0.823. The van der Waals surface area contributed by atoms with Crippen LogP contribution in [0.1, 0.15) is 24.4 Å². The quantitative estimate of drug-likeness (QED) is 0.824. The predicted octanol–water partition coefficient (Wildman–Crippen LogP) is 1.17. The lowest BCUT2D eigenvalue weighted by molar-refractivity contribution is -0.0812. The molecular weight excluding hydrogens is 268 g/mol. The fourth-order valence-electron chi connectivity index (χ4n) is 2.90. The molecule has 0 spiro atoms. The highest BCUT2D eigenvalue weighted by Crippen LogP contribution is 2.27. The first-order chi connectivity index (χ1) is 10.1. The van der Waals surface area contributed by atoms with Crippen LogP contribution < -0.4 is 10.5 Å². The molecule has 0 bridgehead atoms. The fourth-order valence-corrected chi connectivity index (χ4v) is 2.90. The molecule has 5 nitrogen and oxygen atoms in total. The Morgan fingerprint density at radius 1 is 1.43 bits per heavy atom. The van der Waals surface area contributed by atoms with Crippen LogP contribution in [0, 0.1) is 0 Å². The average molecular weight is 294 g/mol. The van der Waals surface area contributed by atoms with Crippen LogP contribution in [0.25, 0.3) is 0 Å². The molecule has 1 atom stereocenters. The Hall–Kier alpha value is -1.14. The topological polar surface area (TPSA) is 68.0 Å². The van der Waals surface area contributed by atoms with Crippen molar-refractivity contribution in [3.05, 3.63) is 29.8 Å². The standard InChI is InChI=1S/C16H26N2O3/c1-18(12-16(19)6-8-21-9-7-16)15(11-17)13-4-3-5-14(10-13)20-2/h3-5,10,15,19H,6-9,11-12,17H2,1-2H3. The van der Waals surface area contributed by atoms with E-state index in [0.29, 0.717) is 39.1 Å². The number of hydrogen-bond donors (Lipinski definition) is 2. The molecule has 1 saturated heterocycles. The van der Waals surface area contributed by atoms with E-state index in [9.17, 15) is 5.11 Å². The highest BCUT2D eigenvalue weighted by Gasteiger charge is 2.32. The van der Waals surface area contributed by atoms with Gasteiger partial charge in [-0.1, -0.05) is 12.1 Å². The lowest BCUT2D eigenvalue weighted by Gasteiger charge is -2.38. The van der Waals surface area contributed by atoms with Crippen LogP contribution in [-0.4, -0.2) is 56.1 Å². The number of likely N-dealkylation sites (N-methyl/N-ethyl adjacent to an activating group) is 1. The van der Waals surface area contributed by atoms with Crippen molar-refractivity contribution in [1.82, 2.24) is 4.90 Å². The predicted molar refractivity (Wildman–Crippen MR) is 82.4 cm³/mol. The minimum Gasteiger partial charge on any atom is -0.497 e. The van der Waals surface area contributed by atoms with Crippen molar-refractivity contribution >= 4 is 0 Å². The molecular formula is C16H26N2O3. The maximum atomic E-state index is 10.6. The first kappa shape index (κ1) is 16.2. The zero-order valence-electron chi connectivity index (χ0n) is 12.9. The van der Waals surface area contributed by atoms with E-state index < -0.39 is 5.60 Å². The molecule has 2 rings (SSSR count). The van der Waals surface area contributed by atoms with E-state index in [1.165, 1.54) is 0 Å². The van der Waals surface area contributed by atoms with Crippen LogP contribution in [0.3, 0.4) is 0 Å². The highest BCUT2D eigenvalue weighted by molar-refractivity contribution is 5.30. The number of methoxy groups -OCH3 is 1. The van der Waals surface area contributed by atoms with E-state index >= 15 is 0 Å². The minimum absolute atomic E-state index is 0.0620. The number of hydrogen-bond acceptors (Lipinski definition) is 5. The van der Waals surface area contributed by atoms with Crippen LogP contribution in [0.4, 0.5) is 0 Å². The molecule has 1 aromatic carbocycles. The molecule has 1 fully saturated rings. The van der Waals surface area contributed by atoms with Gasteiger partial charge in [0, 0.05) is 45.2 Å². The Bertz CT molecular complexity index is 447. The highest BCUT2D eigenvalue weighted by atomic mass is 16.5. The SMILES string of the molecule is COc1cccc(C(CN)N(C)CC2(O)CCOCC2)c1. The van der Waals surface area contributed by atoms with Crippen LogP contribution in [0.5, 0.6) is 5.75 Å². The molecule has 1 aliphatic rings. The van der Waals surface area contributed by atoms with Crippen molar-refractivity contribution in [2.24, 2.45) is 5.73 Å². The van der Waals surface area contributed by atoms with Gasteiger partial charge in [-0.2, -0.15) is 0 Å². The van der Waals surface area contributed by atoms with Crippen molar-refractivity contribution in [2.45, 2.75) is 24.5 Å². The van der Waals surface area contributed by atoms with Crippen LogP contribution >= 0.6 is 0 Å². The van der Waals surface area contributed by atoms with Gasteiger partial charge in [0.2, 0.25) is 0 Å². The zero-order chi connectivity index (χ0) is 15.3. The molecule has 1 heterocycles. The smallest absolute Gasteiger partial charge is 0.119 e. The molecule has 0 aromatic heterocycles. The number of aliphatic hydroxyl groups is 1. The van der Waals surface area contributed by atoms with Crippen LogP contribution in [-0.2, 0) is 4.74 Å².